The molecule has 4 rings (SSSR count). The highest BCUT2D eigenvalue weighted by molar-refractivity contribution is 5.93. The lowest BCUT2D eigenvalue weighted by atomic mass is 10.2. The highest BCUT2D eigenvalue weighted by Crippen LogP contribution is 2.29. The first-order valence-corrected chi connectivity index (χ1v) is 10.8. The maximum absolute atomic E-state index is 12.8. The van der Waals surface area contributed by atoms with Gasteiger partial charge in [-0.05, 0) is 55.0 Å². The van der Waals surface area contributed by atoms with Gasteiger partial charge in [0.2, 0.25) is 5.91 Å². The minimum absolute atomic E-state index is 0.0547. The third-order valence-electron chi connectivity index (χ3n) is 5.45. The van der Waals surface area contributed by atoms with Gasteiger partial charge in [0.15, 0.2) is 5.75 Å². The smallest absolute Gasteiger partial charge is 0.238 e. The highest BCUT2D eigenvalue weighted by atomic mass is 16.5. The molecule has 1 heterocycles. The van der Waals surface area contributed by atoms with Crippen molar-refractivity contribution in [2.24, 2.45) is 0 Å². The summed E-state index contributed by atoms with van der Waals surface area (Å²) < 4.78 is 5.94. The summed E-state index contributed by atoms with van der Waals surface area (Å²) in [7, 11) is 0. The number of nitriles is 1. The van der Waals surface area contributed by atoms with Gasteiger partial charge in [0.25, 0.3) is 0 Å². The lowest BCUT2D eigenvalue weighted by molar-refractivity contribution is -0.117. The summed E-state index contributed by atoms with van der Waals surface area (Å²) >= 11 is 0. The molecule has 0 saturated carbocycles. The van der Waals surface area contributed by atoms with Crippen molar-refractivity contribution in [3.63, 3.8) is 0 Å². The molecule has 6 heteroatoms. The maximum Gasteiger partial charge on any atom is 0.238 e. The number of anilines is 2. The largest absolute Gasteiger partial charge is 0.455 e. The Morgan fingerprint density at radius 3 is 2.44 bits per heavy atom. The molecule has 1 N–H and O–H groups in total. The van der Waals surface area contributed by atoms with Gasteiger partial charge in [-0.1, -0.05) is 30.3 Å². The van der Waals surface area contributed by atoms with E-state index in [2.05, 4.69) is 21.2 Å². The predicted molar refractivity (Wildman–Crippen MR) is 126 cm³/mol. The number of benzene rings is 3. The second-order valence-corrected chi connectivity index (χ2v) is 7.73. The molecule has 1 aliphatic heterocycles. The molecule has 6 nitrogen and oxygen atoms in total. The van der Waals surface area contributed by atoms with Gasteiger partial charge in [0, 0.05) is 31.9 Å². The number of rotatable bonds is 6. The van der Waals surface area contributed by atoms with E-state index in [0.717, 1.165) is 44.0 Å². The van der Waals surface area contributed by atoms with E-state index >= 15 is 0 Å². The number of nitrogens with zero attached hydrogens (tertiary/aromatic N) is 3. The molecule has 162 valence electrons. The van der Waals surface area contributed by atoms with Gasteiger partial charge in [-0.2, -0.15) is 5.26 Å². The molecule has 0 unspecified atom stereocenters. The van der Waals surface area contributed by atoms with Crippen molar-refractivity contribution < 1.29 is 9.53 Å². The van der Waals surface area contributed by atoms with Crippen molar-refractivity contribution in [2.45, 2.75) is 6.42 Å². The van der Waals surface area contributed by atoms with Gasteiger partial charge in [-0.25, -0.2) is 0 Å². The molecule has 1 saturated heterocycles. The second-order valence-electron chi connectivity index (χ2n) is 7.73. The average molecular weight is 427 g/mol. The van der Waals surface area contributed by atoms with E-state index in [1.165, 1.54) is 0 Å². The number of amides is 1. The van der Waals surface area contributed by atoms with E-state index < -0.39 is 0 Å². The Morgan fingerprint density at radius 2 is 1.66 bits per heavy atom. The molecule has 0 bridgehead atoms. The normalized spacial score (nSPS) is 14.3. The second kappa shape index (κ2) is 10.5. The Bertz CT molecular complexity index is 1080. The first-order chi connectivity index (χ1) is 15.7. The van der Waals surface area contributed by atoms with Crippen molar-refractivity contribution >= 4 is 17.3 Å². The predicted octanol–water partition coefficient (Wildman–Crippen LogP) is 4.50. The monoisotopic (exact) mass is 426 g/mol. The summed E-state index contributed by atoms with van der Waals surface area (Å²) in [6.45, 7) is 3.77. The van der Waals surface area contributed by atoms with E-state index in [1.54, 1.807) is 0 Å². The number of ether oxygens (including phenoxy) is 1. The van der Waals surface area contributed by atoms with Crippen LogP contribution in [-0.2, 0) is 4.79 Å². The van der Waals surface area contributed by atoms with E-state index in [4.69, 9.17) is 10.00 Å². The Morgan fingerprint density at radius 1 is 0.906 bits per heavy atom. The Kier molecular flexibility index (Phi) is 7.01. The molecule has 0 aliphatic carbocycles. The van der Waals surface area contributed by atoms with Crippen LogP contribution in [0.3, 0.4) is 0 Å². The van der Waals surface area contributed by atoms with Crippen LogP contribution in [0.5, 0.6) is 11.5 Å². The van der Waals surface area contributed by atoms with Crippen molar-refractivity contribution in [3.8, 4) is 17.6 Å². The van der Waals surface area contributed by atoms with Crippen LogP contribution in [-0.4, -0.2) is 43.5 Å². The first-order valence-electron chi connectivity index (χ1n) is 10.8. The Labute approximate surface area is 188 Å². The average Bonchev–Trinajstić information content (AvgIpc) is 3.06. The molecule has 1 amide bonds. The number of carbonyl (C=O) groups is 1. The van der Waals surface area contributed by atoms with Gasteiger partial charge in [-0.3, -0.25) is 9.69 Å². The molecular formula is C26H26N4O2. The van der Waals surface area contributed by atoms with Crippen molar-refractivity contribution in [1.82, 2.24) is 4.90 Å². The molecule has 3 aromatic carbocycles. The summed E-state index contributed by atoms with van der Waals surface area (Å²) in [4.78, 5) is 17.3. The number of carbonyl (C=O) groups excluding carboxylic acids is 1. The summed E-state index contributed by atoms with van der Waals surface area (Å²) in [5.74, 6) is 1.29. The summed E-state index contributed by atoms with van der Waals surface area (Å²) in [5, 5.41) is 12.0. The van der Waals surface area contributed by atoms with Crippen LogP contribution in [0.2, 0.25) is 0 Å². The molecule has 0 atom stereocenters. The lowest BCUT2D eigenvalue weighted by Gasteiger charge is -2.23. The van der Waals surface area contributed by atoms with Crippen LogP contribution < -0.4 is 15.0 Å². The van der Waals surface area contributed by atoms with Gasteiger partial charge < -0.3 is 15.0 Å². The Hall–Kier alpha value is -3.82. The van der Waals surface area contributed by atoms with Crippen LogP contribution in [0.25, 0.3) is 0 Å². The molecule has 0 spiro atoms. The van der Waals surface area contributed by atoms with E-state index in [0.29, 0.717) is 23.5 Å². The van der Waals surface area contributed by atoms with Gasteiger partial charge in [0.05, 0.1) is 23.9 Å². The fraction of sp³-hybridized carbons (Fsp3) is 0.231. The number of para-hydroxylation sites is 3. The van der Waals surface area contributed by atoms with Crippen LogP contribution in [0.1, 0.15) is 12.0 Å². The quantitative estimate of drug-likeness (QED) is 0.629. The van der Waals surface area contributed by atoms with E-state index in [9.17, 15) is 4.79 Å². The third kappa shape index (κ3) is 5.65. The molecule has 0 aromatic heterocycles. The summed E-state index contributed by atoms with van der Waals surface area (Å²) in [6.07, 6.45) is 0.973. The third-order valence-corrected chi connectivity index (χ3v) is 5.45. The highest BCUT2D eigenvalue weighted by Gasteiger charge is 2.18. The zero-order valence-electron chi connectivity index (χ0n) is 17.9. The van der Waals surface area contributed by atoms with Crippen LogP contribution in [0, 0.1) is 11.3 Å². The lowest BCUT2D eigenvalue weighted by Crippen LogP contribution is -2.36. The maximum atomic E-state index is 12.8. The molecule has 32 heavy (non-hydrogen) atoms. The molecule has 0 radical (unpaired) electrons. The molecule has 1 fully saturated rings. The summed E-state index contributed by atoms with van der Waals surface area (Å²) in [6, 6.07) is 26.8. The zero-order valence-corrected chi connectivity index (χ0v) is 17.9. The minimum Gasteiger partial charge on any atom is -0.455 e. The van der Waals surface area contributed by atoms with Gasteiger partial charge >= 0.3 is 0 Å². The van der Waals surface area contributed by atoms with Crippen LogP contribution in [0.15, 0.2) is 78.9 Å². The summed E-state index contributed by atoms with van der Waals surface area (Å²) in [5.41, 5.74) is 2.44. The topological polar surface area (TPSA) is 68.6 Å². The van der Waals surface area contributed by atoms with E-state index in [1.807, 2.05) is 78.9 Å². The van der Waals surface area contributed by atoms with E-state index in [-0.39, 0.29) is 5.91 Å². The number of hydrogen-bond donors (Lipinski definition) is 1. The van der Waals surface area contributed by atoms with Crippen molar-refractivity contribution in [3.05, 3.63) is 84.4 Å². The van der Waals surface area contributed by atoms with Gasteiger partial charge in [-0.15, -0.1) is 0 Å². The number of hydrogen-bond acceptors (Lipinski definition) is 5. The van der Waals surface area contributed by atoms with Gasteiger partial charge in [0.1, 0.15) is 5.75 Å². The van der Waals surface area contributed by atoms with Crippen LogP contribution in [0.4, 0.5) is 11.4 Å². The fourth-order valence-electron chi connectivity index (χ4n) is 3.80. The molecule has 3 aromatic rings. The molecule has 1 aliphatic rings. The fourth-order valence-corrected chi connectivity index (χ4v) is 3.80. The Balaban J connectivity index is 1.33. The SMILES string of the molecule is N#Cc1ccc(N2CCCN(CC(=O)Nc3ccccc3Oc3ccccc3)CC2)cc1. The molecular weight excluding hydrogens is 400 g/mol. The van der Waals surface area contributed by atoms with Crippen molar-refractivity contribution in [2.75, 3.05) is 42.9 Å². The van der Waals surface area contributed by atoms with Crippen molar-refractivity contribution in [1.29, 1.82) is 5.26 Å². The standard InChI is InChI=1S/C26H26N4O2/c27-19-21-11-13-22(14-12-21)30-16-6-15-29(17-18-30)20-26(31)28-24-9-4-5-10-25(24)32-23-7-2-1-3-8-23/h1-5,7-14H,6,15-18,20H2,(H,28,31). The zero-order chi connectivity index (χ0) is 22.2. The van der Waals surface area contributed by atoms with Crippen LogP contribution >= 0.6 is 0 Å². The first kappa shape index (κ1) is 21.4. The minimum atomic E-state index is -0.0547. The number of nitrogens with one attached hydrogen (secondary N) is 1.